The van der Waals surface area contributed by atoms with Crippen molar-refractivity contribution in [1.82, 2.24) is 9.97 Å². The van der Waals surface area contributed by atoms with Gasteiger partial charge < -0.3 is 5.73 Å². The van der Waals surface area contributed by atoms with E-state index in [1.54, 1.807) is 11.3 Å². The van der Waals surface area contributed by atoms with Crippen molar-refractivity contribution in [2.75, 3.05) is 0 Å². The first-order valence-corrected chi connectivity index (χ1v) is 7.12. The van der Waals surface area contributed by atoms with Gasteiger partial charge in [-0.25, -0.2) is 4.98 Å². The quantitative estimate of drug-likeness (QED) is 0.794. The monoisotopic (exact) mass is 269 g/mol. The summed E-state index contributed by atoms with van der Waals surface area (Å²) in [5.74, 6) is 0. The largest absolute Gasteiger partial charge is 0.322 e. The molecule has 0 saturated heterocycles. The summed E-state index contributed by atoms with van der Waals surface area (Å²) in [4.78, 5) is 8.93. The molecule has 1 aromatic carbocycles. The fourth-order valence-corrected chi connectivity index (χ4v) is 3.05. The average molecular weight is 269 g/mol. The Kier molecular flexibility index (Phi) is 3.27. The summed E-state index contributed by atoms with van der Waals surface area (Å²) < 4.78 is 0. The summed E-state index contributed by atoms with van der Waals surface area (Å²) in [6.07, 6.45) is 2.56. The number of aryl methyl sites for hydroxylation is 1. The molecule has 0 aliphatic carbocycles. The summed E-state index contributed by atoms with van der Waals surface area (Å²) in [7, 11) is 0. The lowest BCUT2D eigenvalue weighted by atomic mass is 10.0. The van der Waals surface area contributed by atoms with Crippen LogP contribution in [0.25, 0.3) is 10.8 Å². The minimum Gasteiger partial charge on any atom is -0.322 e. The first-order chi connectivity index (χ1) is 9.24. The molecule has 2 aromatic heterocycles. The van der Waals surface area contributed by atoms with Crippen LogP contribution in [0.2, 0.25) is 0 Å². The molecule has 0 bridgehead atoms. The van der Waals surface area contributed by atoms with Crippen LogP contribution >= 0.6 is 11.3 Å². The average Bonchev–Trinajstić information content (AvgIpc) is 2.83. The highest BCUT2D eigenvalue weighted by Gasteiger charge is 2.13. The van der Waals surface area contributed by atoms with Gasteiger partial charge in [0.1, 0.15) is 0 Å². The van der Waals surface area contributed by atoms with Crippen LogP contribution in [0.3, 0.4) is 0 Å². The van der Waals surface area contributed by atoms with Crippen molar-refractivity contribution in [2.24, 2.45) is 5.73 Å². The molecule has 0 fully saturated rings. The van der Waals surface area contributed by atoms with Crippen molar-refractivity contribution in [2.45, 2.75) is 19.4 Å². The number of hydrogen-bond donors (Lipinski definition) is 1. The molecule has 0 spiro atoms. The first-order valence-electron chi connectivity index (χ1n) is 6.24. The molecule has 3 aromatic rings. The number of aromatic nitrogens is 2. The van der Waals surface area contributed by atoms with Crippen LogP contribution in [0, 0.1) is 6.92 Å². The van der Waals surface area contributed by atoms with Gasteiger partial charge in [0.2, 0.25) is 0 Å². The zero-order valence-corrected chi connectivity index (χ0v) is 11.5. The molecule has 3 nitrogen and oxygen atoms in total. The number of hydrogen-bond acceptors (Lipinski definition) is 4. The van der Waals surface area contributed by atoms with Crippen LogP contribution in [-0.2, 0) is 6.42 Å². The molecule has 1 atom stereocenters. The molecule has 0 amide bonds. The van der Waals surface area contributed by atoms with E-state index in [1.165, 1.54) is 5.39 Å². The van der Waals surface area contributed by atoms with Crippen molar-refractivity contribution < 1.29 is 0 Å². The normalized spacial score (nSPS) is 12.7. The second-order valence-electron chi connectivity index (χ2n) is 4.61. The SMILES string of the molecule is Cc1csc(CC(N)c2nccc3ccccc23)n1. The van der Waals surface area contributed by atoms with E-state index in [1.807, 2.05) is 31.3 Å². The first kappa shape index (κ1) is 12.3. The summed E-state index contributed by atoms with van der Waals surface area (Å²) in [6.45, 7) is 2.00. The van der Waals surface area contributed by atoms with Crippen molar-refractivity contribution in [1.29, 1.82) is 0 Å². The third kappa shape index (κ3) is 2.50. The van der Waals surface area contributed by atoms with Crippen LogP contribution < -0.4 is 5.73 Å². The molecule has 0 aliphatic rings. The van der Waals surface area contributed by atoms with Crippen molar-refractivity contribution in [3.63, 3.8) is 0 Å². The van der Waals surface area contributed by atoms with Gasteiger partial charge in [-0.2, -0.15) is 0 Å². The van der Waals surface area contributed by atoms with Gasteiger partial charge in [0.25, 0.3) is 0 Å². The van der Waals surface area contributed by atoms with Gasteiger partial charge >= 0.3 is 0 Å². The third-order valence-electron chi connectivity index (χ3n) is 3.12. The Hall–Kier alpha value is -1.78. The lowest BCUT2D eigenvalue weighted by Crippen LogP contribution is -2.15. The Bertz CT molecular complexity index is 700. The number of pyridine rings is 1. The van der Waals surface area contributed by atoms with E-state index in [0.717, 1.165) is 28.2 Å². The molecule has 3 rings (SSSR count). The summed E-state index contributed by atoms with van der Waals surface area (Å²) in [6, 6.07) is 10.1. The Balaban J connectivity index is 1.95. The van der Waals surface area contributed by atoms with Gasteiger partial charge in [0, 0.05) is 29.1 Å². The standard InChI is InChI=1S/C15H15N3S/c1-10-9-19-14(18-10)8-13(16)15-12-5-3-2-4-11(12)6-7-17-15/h2-7,9,13H,8,16H2,1H3. The Morgan fingerprint density at radius 3 is 2.89 bits per heavy atom. The number of nitrogens with two attached hydrogens (primary N) is 1. The zero-order valence-electron chi connectivity index (χ0n) is 10.7. The number of thiazole rings is 1. The lowest BCUT2D eigenvalue weighted by Gasteiger charge is -2.12. The van der Waals surface area contributed by atoms with Gasteiger partial charge in [-0.3, -0.25) is 4.98 Å². The fraction of sp³-hybridized carbons (Fsp3) is 0.200. The number of fused-ring (bicyclic) bond motifs is 1. The highest BCUT2D eigenvalue weighted by atomic mass is 32.1. The molecule has 96 valence electrons. The minimum absolute atomic E-state index is 0.114. The molecule has 2 N–H and O–H groups in total. The minimum atomic E-state index is -0.114. The zero-order chi connectivity index (χ0) is 13.2. The predicted molar refractivity (Wildman–Crippen MR) is 79.2 cm³/mol. The maximum absolute atomic E-state index is 6.31. The van der Waals surface area contributed by atoms with Gasteiger partial charge in [0.05, 0.1) is 16.7 Å². The van der Waals surface area contributed by atoms with E-state index in [9.17, 15) is 0 Å². The summed E-state index contributed by atoms with van der Waals surface area (Å²) >= 11 is 1.66. The number of nitrogens with zero attached hydrogens (tertiary/aromatic N) is 2. The van der Waals surface area contributed by atoms with Gasteiger partial charge in [-0.1, -0.05) is 24.3 Å². The molecule has 0 radical (unpaired) electrons. The molecule has 0 aliphatic heterocycles. The molecule has 0 saturated carbocycles. The van der Waals surface area contributed by atoms with Crippen LogP contribution in [0.5, 0.6) is 0 Å². The van der Waals surface area contributed by atoms with Crippen LogP contribution in [0.1, 0.15) is 22.4 Å². The number of rotatable bonds is 3. The fourth-order valence-electron chi connectivity index (χ4n) is 2.22. The van der Waals surface area contributed by atoms with E-state index >= 15 is 0 Å². The molecule has 19 heavy (non-hydrogen) atoms. The van der Waals surface area contributed by atoms with Crippen LogP contribution in [-0.4, -0.2) is 9.97 Å². The summed E-state index contributed by atoms with van der Waals surface area (Å²) in [5, 5.41) is 5.43. The van der Waals surface area contributed by atoms with Gasteiger partial charge in [0.15, 0.2) is 0 Å². The number of benzene rings is 1. The van der Waals surface area contributed by atoms with E-state index in [-0.39, 0.29) is 6.04 Å². The van der Waals surface area contributed by atoms with Gasteiger partial charge in [-0.15, -0.1) is 11.3 Å². The molecule has 1 unspecified atom stereocenters. The van der Waals surface area contributed by atoms with E-state index in [4.69, 9.17) is 5.73 Å². The smallest absolute Gasteiger partial charge is 0.0947 e. The third-order valence-corrected chi connectivity index (χ3v) is 4.11. The Labute approximate surface area is 116 Å². The van der Waals surface area contributed by atoms with Crippen LogP contribution in [0.15, 0.2) is 41.9 Å². The second-order valence-corrected chi connectivity index (χ2v) is 5.55. The van der Waals surface area contributed by atoms with Gasteiger partial charge in [-0.05, 0) is 18.4 Å². The van der Waals surface area contributed by atoms with Crippen molar-refractivity contribution >= 4 is 22.1 Å². The van der Waals surface area contributed by atoms with E-state index < -0.39 is 0 Å². The van der Waals surface area contributed by atoms with Crippen LogP contribution in [0.4, 0.5) is 0 Å². The molecular formula is C15H15N3S. The summed E-state index contributed by atoms with van der Waals surface area (Å²) in [5.41, 5.74) is 8.31. The van der Waals surface area contributed by atoms with E-state index in [2.05, 4.69) is 27.5 Å². The Morgan fingerprint density at radius 1 is 1.26 bits per heavy atom. The Morgan fingerprint density at radius 2 is 2.11 bits per heavy atom. The lowest BCUT2D eigenvalue weighted by molar-refractivity contribution is 0.699. The second kappa shape index (κ2) is 5.07. The van der Waals surface area contributed by atoms with Crippen molar-refractivity contribution in [3.05, 3.63) is 58.3 Å². The van der Waals surface area contributed by atoms with E-state index in [0.29, 0.717) is 0 Å². The molecule has 4 heteroatoms. The highest BCUT2D eigenvalue weighted by Crippen LogP contribution is 2.24. The predicted octanol–water partition coefficient (Wildman–Crippen LogP) is 3.24. The topological polar surface area (TPSA) is 51.8 Å². The van der Waals surface area contributed by atoms with Crippen molar-refractivity contribution in [3.8, 4) is 0 Å². The molecule has 2 heterocycles. The maximum atomic E-state index is 6.31. The highest BCUT2D eigenvalue weighted by molar-refractivity contribution is 7.09. The maximum Gasteiger partial charge on any atom is 0.0947 e. The molecular weight excluding hydrogens is 254 g/mol.